The molecular formula is C15H16Cl2N2. The first-order valence-corrected chi connectivity index (χ1v) is 7.08. The topological polar surface area (TPSA) is 25.8 Å². The van der Waals surface area contributed by atoms with Crippen molar-refractivity contribution >= 4 is 23.2 Å². The lowest BCUT2D eigenvalue weighted by atomic mass is 10.0. The number of nitrogens with zero attached hydrogens (tertiary/aromatic N) is 2. The maximum Gasteiger partial charge on any atom is 0.163 e. The van der Waals surface area contributed by atoms with Crippen molar-refractivity contribution in [2.24, 2.45) is 0 Å². The molecule has 1 aromatic heterocycles. The van der Waals surface area contributed by atoms with Crippen molar-refractivity contribution in [2.75, 3.05) is 0 Å². The third-order valence-electron chi connectivity index (χ3n) is 3.11. The zero-order valence-electron chi connectivity index (χ0n) is 11.3. The molecule has 0 bridgehead atoms. The van der Waals surface area contributed by atoms with Gasteiger partial charge < -0.3 is 0 Å². The average Bonchev–Trinajstić information content (AvgIpc) is 2.33. The minimum absolute atomic E-state index is 0.458. The van der Waals surface area contributed by atoms with Gasteiger partial charge >= 0.3 is 0 Å². The van der Waals surface area contributed by atoms with E-state index in [-0.39, 0.29) is 0 Å². The van der Waals surface area contributed by atoms with Crippen LogP contribution in [-0.4, -0.2) is 9.97 Å². The lowest BCUT2D eigenvalue weighted by Crippen LogP contribution is -2.00. The summed E-state index contributed by atoms with van der Waals surface area (Å²) in [6.45, 7) is 6.15. The number of aromatic nitrogens is 2. The Labute approximate surface area is 123 Å². The first-order valence-electron chi connectivity index (χ1n) is 6.33. The van der Waals surface area contributed by atoms with Crippen LogP contribution >= 0.6 is 23.2 Å². The van der Waals surface area contributed by atoms with E-state index >= 15 is 0 Å². The Hall–Kier alpha value is -1.12. The van der Waals surface area contributed by atoms with E-state index < -0.39 is 0 Å². The molecule has 0 atom stereocenters. The predicted molar refractivity (Wildman–Crippen MR) is 81.0 cm³/mol. The van der Waals surface area contributed by atoms with Crippen LogP contribution in [-0.2, 0) is 6.42 Å². The molecule has 1 heterocycles. The Balaban J connectivity index is 2.59. The van der Waals surface area contributed by atoms with Crippen LogP contribution in [0.5, 0.6) is 0 Å². The van der Waals surface area contributed by atoms with Crippen molar-refractivity contribution in [3.63, 3.8) is 0 Å². The summed E-state index contributed by atoms with van der Waals surface area (Å²) >= 11 is 12.5. The monoisotopic (exact) mass is 294 g/mol. The predicted octanol–water partition coefficient (Wildman–Crippen LogP) is 5.02. The Kier molecular flexibility index (Phi) is 4.43. The van der Waals surface area contributed by atoms with Gasteiger partial charge in [-0.1, -0.05) is 54.7 Å². The first-order chi connectivity index (χ1) is 9.04. The molecule has 19 heavy (non-hydrogen) atoms. The van der Waals surface area contributed by atoms with E-state index in [2.05, 4.69) is 16.9 Å². The SMILES string of the molecule is CCCc1c(Cl)nc(-c2c(C)cccc2C)nc1Cl. The number of hydrogen-bond acceptors (Lipinski definition) is 2. The molecule has 0 aliphatic heterocycles. The second-order valence-corrected chi connectivity index (χ2v) is 5.34. The Morgan fingerprint density at radius 3 is 2.00 bits per heavy atom. The van der Waals surface area contributed by atoms with Crippen molar-refractivity contribution in [1.82, 2.24) is 9.97 Å². The molecule has 0 radical (unpaired) electrons. The van der Waals surface area contributed by atoms with Crippen molar-refractivity contribution in [1.29, 1.82) is 0 Å². The van der Waals surface area contributed by atoms with Crippen molar-refractivity contribution in [3.05, 3.63) is 45.2 Å². The number of benzene rings is 1. The molecule has 0 aliphatic carbocycles. The quantitative estimate of drug-likeness (QED) is 0.743. The van der Waals surface area contributed by atoms with E-state index in [1.165, 1.54) is 0 Å². The Bertz CT molecular complexity index is 566. The van der Waals surface area contributed by atoms with Crippen LogP contribution in [0.3, 0.4) is 0 Å². The third kappa shape index (κ3) is 2.90. The van der Waals surface area contributed by atoms with Crippen LogP contribution in [0.1, 0.15) is 30.0 Å². The fourth-order valence-electron chi connectivity index (χ4n) is 2.17. The van der Waals surface area contributed by atoms with Gasteiger partial charge in [0.15, 0.2) is 5.82 Å². The average molecular weight is 295 g/mol. The maximum absolute atomic E-state index is 6.23. The molecule has 0 spiro atoms. The highest BCUT2D eigenvalue weighted by atomic mass is 35.5. The summed E-state index contributed by atoms with van der Waals surface area (Å²) in [5, 5.41) is 0.916. The summed E-state index contributed by atoms with van der Waals surface area (Å²) in [6, 6.07) is 6.09. The number of halogens is 2. The van der Waals surface area contributed by atoms with Gasteiger partial charge in [0.25, 0.3) is 0 Å². The van der Waals surface area contributed by atoms with Crippen molar-refractivity contribution in [3.8, 4) is 11.4 Å². The molecule has 0 aliphatic rings. The number of rotatable bonds is 3. The standard InChI is InChI=1S/C15H16Cl2N2/c1-4-6-11-13(16)18-15(19-14(11)17)12-9(2)7-5-8-10(12)3/h5,7-8H,4,6H2,1-3H3. The van der Waals surface area contributed by atoms with Gasteiger partial charge in [-0.3, -0.25) is 0 Å². The molecule has 2 nitrogen and oxygen atoms in total. The summed E-state index contributed by atoms with van der Waals surface area (Å²) in [4.78, 5) is 8.83. The molecule has 0 unspecified atom stereocenters. The molecule has 0 saturated heterocycles. The highest BCUT2D eigenvalue weighted by Crippen LogP contribution is 2.29. The van der Waals surface area contributed by atoms with Crippen LogP contribution in [0, 0.1) is 13.8 Å². The van der Waals surface area contributed by atoms with Gasteiger partial charge in [-0.2, -0.15) is 0 Å². The fraction of sp³-hybridized carbons (Fsp3) is 0.333. The van der Waals surface area contributed by atoms with Gasteiger partial charge in [-0.05, 0) is 31.4 Å². The van der Waals surface area contributed by atoms with E-state index in [4.69, 9.17) is 23.2 Å². The van der Waals surface area contributed by atoms with E-state index in [9.17, 15) is 0 Å². The van der Waals surface area contributed by atoms with Crippen LogP contribution in [0.4, 0.5) is 0 Å². The van der Waals surface area contributed by atoms with Crippen LogP contribution in [0.15, 0.2) is 18.2 Å². The number of aryl methyl sites for hydroxylation is 2. The van der Waals surface area contributed by atoms with E-state index in [1.54, 1.807) is 0 Å². The highest BCUT2D eigenvalue weighted by Gasteiger charge is 2.14. The minimum Gasteiger partial charge on any atom is -0.216 e. The Morgan fingerprint density at radius 2 is 1.53 bits per heavy atom. The first kappa shape index (κ1) is 14.3. The van der Waals surface area contributed by atoms with Crippen LogP contribution in [0.2, 0.25) is 10.3 Å². The van der Waals surface area contributed by atoms with E-state index in [1.807, 2.05) is 32.0 Å². The summed E-state index contributed by atoms with van der Waals surface area (Å²) < 4.78 is 0. The van der Waals surface area contributed by atoms with Gasteiger partial charge in [-0.15, -0.1) is 0 Å². The molecule has 0 fully saturated rings. The summed E-state index contributed by atoms with van der Waals surface area (Å²) in [5.74, 6) is 0.602. The second kappa shape index (κ2) is 5.89. The fourth-order valence-corrected chi connectivity index (χ4v) is 2.74. The lowest BCUT2D eigenvalue weighted by Gasteiger charge is -2.11. The smallest absolute Gasteiger partial charge is 0.163 e. The second-order valence-electron chi connectivity index (χ2n) is 4.62. The van der Waals surface area contributed by atoms with Gasteiger partial charge in [0.1, 0.15) is 10.3 Å². The largest absolute Gasteiger partial charge is 0.216 e. The van der Waals surface area contributed by atoms with Crippen molar-refractivity contribution in [2.45, 2.75) is 33.6 Å². The highest BCUT2D eigenvalue weighted by molar-refractivity contribution is 6.34. The van der Waals surface area contributed by atoms with Gasteiger partial charge in [0.2, 0.25) is 0 Å². The molecule has 100 valence electrons. The minimum atomic E-state index is 0.458. The normalized spacial score (nSPS) is 10.8. The molecule has 0 saturated carbocycles. The summed E-state index contributed by atoms with van der Waals surface area (Å²) in [6.07, 6.45) is 1.76. The lowest BCUT2D eigenvalue weighted by molar-refractivity contribution is 0.902. The van der Waals surface area contributed by atoms with E-state index in [0.29, 0.717) is 16.1 Å². The van der Waals surface area contributed by atoms with Crippen molar-refractivity contribution < 1.29 is 0 Å². The van der Waals surface area contributed by atoms with E-state index in [0.717, 1.165) is 35.1 Å². The van der Waals surface area contributed by atoms with Gasteiger partial charge in [-0.25, -0.2) is 9.97 Å². The number of hydrogen-bond donors (Lipinski definition) is 0. The summed E-state index contributed by atoms with van der Waals surface area (Å²) in [7, 11) is 0. The molecule has 4 heteroatoms. The molecular weight excluding hydrogens is 279 g/mol. The summed E-state index contributed by atoms with van der Waals surface area (Å²) in [5.41, 5.74) is 4.08. The van der Waals surface area contributed by atoms with Crippen LogP contribution < -0.4 is 0 Å². The zero-order valence-corrected chi connectivity index (χ0v) is 12.8. The van der Waals surface area contributed by atoms with Gasteiger partial charge in [0.05, 0.1) is 0 Å². The molecule has 0 amide bonds. The van der Waals surface area contributed by atoms with Crippen LogP contribution in [0.25, 0.3) is 11.4 Å². The van der Waals surface area contributed by atoms with Gasteiger partial charge in [0, 0.05) is 11.1 Å². The third-order valence-corrected chi connectivity index (χ3v) is 3.74. The molecule has 0 N–H and O–H groups in total. The maximum atomic E-state index is 6.23. The zero-order chi connectivity index (χ0) is 14.0. The molecule has 2 rings (SSSR count). The molecule has 2 aromatic rings. The molecule has 1 aromatic carbocycles. The Morgan fingerprint density at radius 1 is 1.00 bits per heavy atom.